The Morgan fingerprint density at radius 1 is 1.29 bits per heavy atom. The molecule has 0 spiro atoms. The zero-order valence-corrected chi connectivity index (χ0v) is 10.7. The van der Waals surface area contributed by atoms with Crippen molar-refractivity contribution in [3.63, 3.8) is 0 Å². The number of hydrogen-bond donors (Lipinski definition) is 2. The third-order valence-electron chi connectivity index (χ3n) is 4.27. The van der Waals surface area contributed by atoms with E-state index in [1.807, 2.05) is 0 Å². The summed E-state index contributed by atoms with van der Waals surface area (Å²) in [5.41, 5.74) is 6.05. The monoisotopic (exact) mass is 240 g/mol. The fourth-order valence-electron chi connectivity index (χ4n) is 2.93. The zero-order chi connectivity index (χ0) is 12.3. The van der Waals surface area contributed by atoms with E-state index in [0.29, 0.717) is 17.9 Å². The van der Waals surface area contributed by atoms with E-state index in [0.717, 1.165) is 32.5 Å². The number of nitrogens with two attached hydrogens (primary N) is 1. The number of rotatable bonds is 3. The molecule has 0 bridgehead atoms. The van der Waals surface area contributed by atoms with Crippen LogP contribution in [0.4, 0.5) is 0 Å². The van der Waals surface area contributed by atoms with Crippen molar-refractivity contribution < 1.29 is 9.53 Å². The van der Waals surface area contributed by atoms with Crippen molar-refractivity contribution >= 4 is 5.91 Å². The van der Waals surface area contributed by atoms with E-state index in [2.05, 4.69) is 12.2 Å². The molecule has 4 heteroatoms. The number of carbonyl (C=O) groups excluding carboxylic acids is 1. The number of hydrogen-bond acceptors (Lipinski definition) is 3. The second-order valence-corrected chi connectivity index (χ2v) is 5.50. The van der Waals surface area contributed by atoms with E-state index in [9.17, 15) is 4.79 Å². The van der Waals surface area contributed by atoms with Crippen molar-refractivity contribution in [1.29, 1.82) is 0 Å². The predicted octanol–water partition coefficient (Wildman–Crippen LogP) is 1.05. The van der Waals surface area contributed by atoms with Gasteiger partial charge in [-0.05, 0) is 37.5 Å². The first-order chi connectivity index (χ1) is 8.18. The first-order valence-electron chi connectivity index (χ1n) is 6.82. The van der Waals surface area contributed by atoms with E-state index in [-0.39, 0.29) is 11.9 Å². The van der Waals surface area contributed by atoms with Crippen LogP contribution in [0.2, 0.25) is 0 Å². The average Bonchev–Trinajstić information content (AvgIpc) is 2.75. The lowest BCUT2D eigenvalue weighted by Gasteiger charge is -2.28. The Morgan fingerprint density at radius 2 is 2.00 bits per heavy atom. The number of nitrogens with one attached hydrogen (secondary N) is 1. The molecular weight excluding hydrogens is 216 g/mol. The van der Waals surface area contributed by atoms with E-state index >= 15 is 0 Å². The molecule has 2 rings (SSSR count). The summed E-state index contributed by atoms with van der Waals surface area (Å²) < 4.78 is 5.29. The third kappa shape index (κ3) is 3.19. The molecule has 1 amide bonds. The summed E-state index contributed by atoms with van der Waals surface area (Å²) in [5, 5.41) is 3.12. The molecule has 98 valence electrons. The van der Waals surface area contributed by atoms with Crippen LogP contribution >= 0.6 is 0 Å². The van der Waals surface area contributed by atoms with Gasteiger partial charge in [0.15, 0.2) is 0 Å². The molecule has 1 heterocycles. The lowest BCUT2D eigenvalue weighted by Crippen LogP contribution is -2.50. The molecule has 3 unspecified atom stereocenters. The highest BCUT2D eigenvalue weighted by Crippen LogP contribution is 2.25. The molecule has 0 radical (unpaired) electrons. The molecule has 2 fully saturated rings. The Bertz CT molecular complexity index is 264. The van der Waals surface area contributed by atoms with Gasteiger partial charge < -0.3 is 15.8 Å². The second kappa shape index (κ2) is 5.83. The van der Waals surface area contributed by atoms with Crippen molar-refractivity contribution in [2.24, 2.45) is 17.6 Å². The van der Waals surface area contributed by atoms with Gasteiger partial charge in [0.25, 0.3) is 0 Å². The first-order valence-corrected chi connectivity index (χ1v) is 6.82. The molecule has 17 heavy (non-hydrogen) atoms. The number of amides is 1. The Balaban J connectivity index is 1.81. The predicted molar refractivity (Wildman–Crippen MR) is 66.5 cm³/mol. The third-order valence-corrected chi connectivity index (χ3v) is 4.27. The minimum Gasteiger partial charge on any atom is -0.381 e. The topological polar surface area (TPSA) is 64.4 Å². The smallest absolute Gasteiger partial charge is 0.237 e. The van der Waals surface area contributed by atoms with E-state index < -0.39 is 0 Å². The zero-order valence-electron chi connectivity index (χ0n) is 10.7. The maximum atomic E-state index is 12.1. The summed E-state index contributed by atoms with van der Waals surface area (Å²) >= 11 is 0. The highest BCUT2D eigenvalue weighted by atomic mass is 16.5. The standard InChI is InChI=1S/C13H24N2O2/c1-9-3-2-4-11(9)15-13(16)12(14)10-5-7-17-8-6-10/h9-12H,2-8,14H2,1H3,(H,15,16). The first kappa shape index (κ1) is 12.8. The van der Waals surface area contributed by atoms with Crippen LogP contribution in [0.3, 0.4) is 0 Å². The second-order valence-electron chi connectivity index (χ2n) is 5.50. The van der Waals surface area contributed by atoms with Crippen molar-refractivity contribution in [3.8, 4) is 0 Å². The van der Waals surface area contributed by atoms with Crippen LogP contribution in [-0.2, 0) is 9.53 Å². The van der Waals surface area contributed by atoms with E-state index in [1.165, 1.54) is 12.8 Å². The molecule has 0 aromatic carbocycles. The van der Waals surface area contributed by atoms with Gasteiger partial charge >= 0.3 is 0 Å². The van der Waals surface area contributed by atoms with Gasteiger partial charge in [0.1, 0.15) is 0 Å². The van der Waals surface area contributed by atoms with Crippen molar-refractivity contribution in [2.75, 3.05) is 13.2 Å². The fourth-order valence-corrected chi connectivity index (χ4v) is 2.93. The summed E-state index contributed by atoms with van der Waals surface area (Å²) in [4.78, 5) is 12.1. The van der Waals surface area contributed by atoms with Gasteiger partial charge in [-0.25, -0.2) is 0 Å². The Labute approximate surface area is 103 Å². The minimum absolute atomic E-state index is 0.0376. The lowest BCUT2D eigenvalue weighted by molar-refractivity contribution is -0.125. The van der Waals surface area contributed by atoms with Crippen molar-refractivity contribution in [2.45, 2.75) is 51.1 Å². The highest BCUT2D eigenvalue weighted by Gasteiger charge is 2.30. The molecule has 1 aliphatic heterocycles. The molecule has 0 aromatic heterocycles. The maximum Gasteiger partial charge on any atom is 0.237 e. The van der Waals surface area contributed by atoms with E-state index in [4.69, 9.17) is 10.5 Å². The molecule has 2 aliphatic rings. The molecule has 3 N–H and O–H groups in total. The van der Waals surface area contributed by atoms with E-state index in [1.54, 1.807) is 0 Å². The van der Waals surface area contributed by atoms with Crippen LogP contribution in [-0.4, -0.2) is 31.2 Å². The van der Waals surface area contributed by atoms with Crippen LogP contribution in [0, 0.1) is 11.8 Å². The maximum absolute atomic E-state index is 12.1. The van der Waals surface area contributed by atoms with Crippen LogP contribution in [0.5, 0.6) is 0 Å². The molecule has 1 saturated carbocycles. The highest BCUT2D eigenvalue weighted by molar-refractivity contribution is 5.82. The normalized spacial score (nSPS) is 32.4. The number of ether oxygens (including phenoxy) is 1. The largest absolute Gasteiger partial charge is 0.381 e. The van der Waals surface area contributed by atoms with Gasteiger partial charge in [0, 0.05) is 19.3 Å². The molecule has 1 saturated heterocycles. The summed E-state index contributed by atoms with van der Waals surface area (Å²) in [7, 11) is 0. The van der Waals surface area contributed by atoms with Gasteiger partial charge in [-0.1, -0.05) is 13.3 Å². The van der Waals surface area contributed by atoms with Crippen LogP contribution in [0.25, 0.3) is 0 Å². The molecule has 4 nitrogen and oxygen atoms in total. The molecule has 1 aliphatic carbocycles. The van der Waals surface area contributed by atoms with Crippen molar-refractivity contribution in [3.05, 3.63) is 0 Å². The summed E-state index contributed by atoms with van der Waals surface area (Å²) in [6, 6.07) is -0.0138. The molecule has 0 aromatic rings. The Kier molecular flexibility index (Phi) is 4.40. The number of carbonyl (C=O) groups is 1. The summed E-state index contributed by atoms with van der Waals surface area (Å²) in [6.07, 6.45) is 5.37. The van der Waals surface area contributed by atoms with Crippen molar-refractivity contribution in [1.82, 2.24) is 5.32 Å². The SMILES string of the molecule is CC1CCCC1NC(=O)C(N)C1CCOCC1. The van der Waals surface area contributed by atoms with Gasteiger partial charge in [0.05, 0.1) is 6.04 Å². The van der Waals surface area contributed by atoms with Crippen LogP contribution in [0.15, 0.2) is 0 Å². The van der Waals surface area contributed by atoms with Gasteiger partial charge in [0.2, 0.25) is 5.91 Å². The Hall–Kier alpha value is -0.610. The average molecular weight is 240 g/mol. The van der Waals surface area contributed by atoms with Crippen LogP contribution < -0.4 is 11.1 Å². The van der Waals surface area contributed by atoms with Gasteiger partial charge in [-0.2, -0.15) is 0 Å². The molecule has 3 atom stereocenters. The minimum atomic E-state index is -0.355. The summed E-state index contributed by atoms with van der Waals surface area (Å²) in [5.74, 6) is 0.928. The lowest BCUT2D eigenvalue weighted by atomic mass is 9.91. The van der Waals surface area contributed by atoms with Gasteiger partial charge in [-0.15, -0.1) is 0 Å². The summed E-state index contributed by atoms with van der Waals surface area (Å²) in [6.45, 7) is 3.69. The van der Waals surface area contributed by atoms with Crippen LogP contribution in [0.1, 0.15) is 39.0 Å². The molecular formula is C13H24N2O2. The van der Waals surface area contributed by atoms with Gasteiger partial charge in [-0.3, -0.25) is 4.79 Å². The fraction of sp³-hybridized carbons (Fsp3) is 0.923. The Morgan fingerprint density at radius 3 is 2.59 bits per heavy atom. The quantitative estimate of drug-likeness (QED) is 0.775.